The molecule has 1 heterocycles. The van der Waals surface area contributed by atoms with Gasteiger partial charge in [-0.2, -0.15) is 0 Å². The largest absolute Gasteiger partial charge is 0.317 e. The van der Waals surface area contributed by atoms with Crippen LogP contribution in [0.4, 0.5) is 0 Å². The highest BCUT2D eigenvalue weighted by molar-refractivity contribution is 7.90. The summed E-state index contributed by atoms with van der Waals surface area (Å²) in [6.45, 7) is 2.02. The molecule has 6 heteroatoms. The molecule has 0 atom stereocenters. The molecule has 1 aliphatic heterocycles. The minimum Gasteiger partial charge on any atom is -0.317 e. The molecular weight excluding hydrogens is 293 g/mol. The van der Waals surface area contributed by atoms with Gasteiger partial charge in [0.2, 0.25) is 0 Å². The van der Waals surface area contributed by atoms with Gasteiger partial charge in [-0.1, -0.05) is 17.7 Å². The highest BCUT2D eigenvalue weighted by atomic mass is 35.5. The molecule has 0 unspecified atom stereocenters. The van der Waals surface area contributed by atoms with E-state index in [-0.39, 0.29) is 17.3 Å². The van der Waals surface area contributed by atoms with Crippen LogP contribution in [0.5, 0.6) is 0 Å². The molecule has 0 saturated carbocycles. The van der Waals surface area contributed by atoms with Crippen molar-refractivity contribution in [3.8, 4) is 0 Å². The highest BCUT2D eigenvalue weighted by Crippen LogP contribution is 2.30. The second-order valence-electron chi connectivity index (χ2n) is 4.49. The van der Waals surface area contributed by atoms with Crippen LogP contribution in [0.1, 0.15) is 24.3 Å². The number of hydrogen-bond acceptors (Lipinski definition) is 3. The first kappa shape index (κ1) is 15.8. The van der Waals surface area contributed by atoms with Crippen LogP contribution >= 0.6 is 24.0 Å². The summed E-state index contributed by atoms with van der Waals surface area (Å²) in [5.74, 6) is 0.488. The predicted octanol–water partition coefficient (Wildman–Crippen LogP) is 2.63. The lowest BCUT2D eigenvalue weighted by Crippen LogP contribution is -2.26. The highest BCUT2D eigenvalue weighted by Gasteiger charge is 2.18. The van der Waals surface area contributed by atoms with Crippen molar-refractivity contribution in [3.05, 3.63) is 28.8 Å². The third kappa shape index (κ3) is 3.60. The molecule has 3 nitrogen and oxygen atoms in total. The Morgan fingerprint density at radius 1 is 1.28 bits per heavy atom. The van der Waals surface area contributed by atoms with E-state index in [0.29, 0.717) is 10.9 Å². The Morgan fingerprint density at radius 3 is 2.39 bits per heavy atom. The third-order valence-corrected chi connectivity index (χ3v) is 4.75. The summed E-state index contributed by atoms with van der Waals surface area (Å²) in [6.07, 6.45) is 3.33. The summed E-state index contributed by atoms with van der Waals surface area (Å²) in [7, 11) is -3.23. The van der Waals surface area contributed by atoms with E-state index in [4.69, 9.17) is 11.6 Å². The number of rotatable bonds is 2. The Morgan fingerprint density at radius 2 is 1.89 bits per heavy atom. The average Bonchev–Trinajstić information content (AvgIpc) is 2.28. The molecule has 1 fully saturated rings. The van der Waals surface area contributed by atoms with Crippen LogP contribution in [0.15, 0.2) is 23.1 Å². The van der Waals surface area contributed by atoms with E-state index >= 15 is 0 Å². The zero-order valence-electron chi connectivity index (χ0n) is 10.1. The van der Waals surface area contributed by atoms with Crippen molar-refractivity contribution in [3.63, 3.8) is 0 Å². The number of hydrogen-bond donors (Lipinski definition) is 1. The number of piperidine rings is 1. The minimum absolute atomic E-state index is 0. The van der Waals surface area contributed by atoms with Gasteiger partial charge in [0.05, 0.1) is 9.92 Å². The summed E-state index contributed by atoms with van der Waals surface area (Å²) in [5.41, 5.74) is 1.14. The molecule has 0 spiro atoms. The van der Waals surface area contributed by atoms with Crippen molar-refractivity contribution in [1.29, 1.82) is 0 Å². The maximum absolute atomic E-state index is 11.4. The quantitative estimate of drug-likeness (QED) is 0.913. The van der Waals surface area contributed by atoms with Crippen LogP contribution in [0, 0.1) is 0 Å². The van der Waals surface area contributed by atoms with Gasteiger partial charge in [0.15, 0.2) is 9.84 Å². The van der Waals surface area contributed by atoms with Gasteiger partial charge in [-0.15, -0.1) is 12.4 Å². The van der Waals surface area contributed by atoms with Crippen molar-refractivity contribution in [2.45, 2.75) is 23.7 Å². The lowest BCUT2D eigenvalue weighted by molar-refractivity contribution is 0.460. The summed E-state index contributed by atoms with van der Waals surface area (Å²) >= 11 is 6.04. The van der Waals surface area contributed by atoms with Crippen LogP contribution in [-0.4, -0.2) is 27.8 Å². The number of benzene rings is 1. The Balaban J connectivity index is 0.00000162. The molecule has 1 aliphatic rings. The normalized spacial score (nSPS) is 17.2. The Bertz CT molecular complexity index is 511. The maximum Gasteiger partial charge on any atom is 0.176 e. The lowest BCUT2D eigenvalue weighted by atomic mass is 9.90. The van der Waals surface area contributed by atoms with Gasteiger partial charge in [-0.05, 0) is 49.5 Å². The first-order valence-electron chi connectivity index (χ1n) is 5.69. The van der Waals surface area contributed by atoms with Gasteiger partial charge in [0.25, 0.3) is 0 Å². The average molecular weight is 310 g/mol. The number of halogens is 2. The fraction of sp³-hybridized carbons (Fsp3) is 0.500. The molecule has 0 bridgehead atoms. The molecule has 18 heavy (non-hydrogen) atoms. The maximum atomic E-state index is 11.4. The van der Waals surface area contributed by atoms with Crippen molar-refractivity contribution in [1.82, 2.24) is 5.32 Å². The zero-order valence-corrected chi connectivity index (χ0v) is 12.5. The number of nitrogens with one attached hydrogen (secondary N) is 1. The standard InChI is InChI=1S/C12H16ClNO2S.ClH/c1-17(15,16)12-3-2-10(8-11(12)13)9-4-6-14-7-5-9;/h2-3,8-9,14H,4-7H2,1H3;1H. The summed E-state index contributed by atoms with van der Waals surface area (Å²) in [4.78, 5) is 0.219. The fourth-order valence-corrected chi connectivity index (χ4v) is 3.56. The second-order valence-corrected chi connectivity index (χ2v) is 6.88. The molecule has 1 saturated heterocycles. The molecular formula is C12H17Cl2NO2S. The molecule has 1 N–H and O–H groups in total. The lowest BCUT2D eigenvalue weighted by Gasteiger charge is -2.23. The van der Waals surface area contributed by atoms with Gasteiger partial charge in [-0.25, -0.2) is 8.42 Å². The smallest absolute Gasteiger partial charge is 0.176 e. The van der Waals surface area contributed by atoms with E-state index in [2.05, 4.69) is 5.32 Å². The molecule has 102 valence electrons. The molecule has 1 aromatic carbocycles. The van der Waals surface area contributed by atoms with E-state index in [1.807, 2.05) is 6.07 Å². The molecule has 0 aliphatic carbocycles. The van der Waals surface area contributed by atoms with E-state index in [0.717, 1.165) is 31.5 Å². The van der Waals surface area contributed by atoms with Gasteiger partial charge in [0, 0.05) is 6.26 Å². The van der Waals surface area contributed by atoms with E-state index in [1.54, 1.807) is 12.1 Å². The van der Waals surface area contributed by atoms with Crippen LogP contribution in [-0.2, 0) is 9.84 Å². The van der Waals surface area contributed by atoms with Crippen molar-refractivity contribution >= 4 is 33.8 Å². The summed E-state index contributed by atoms with van der Waals surface area (Å²) in [6, 6.07) is 5.31. The Labute approximate surface area is 119 Å². The van der Waals surface area contributed by atoms with E-state index < -0.39 is 9.84 Å². The summed E-state index contributed by atoms with van der Waals surface area (Å²) < 4.78 is 22.9. The topological polar surface area (TPSA) is 46.2 Å². The van der Waals surface area contributed by atoms with Gasteiger partial charge >= 0.3 is 0 Å². The van der Waals surface area contributed by atoms with E-state index in [9.17, 15) is 8.42 Å². The van der Waals surface area contributed by atoms with Crippen LogP contribution < -0.4 is 5.32 Å². The van der Waals surface area contributed by atoms with Crippen LogP contribution in [0.3, 0.4) is 0 Å². The second kappa shape index (κ2) is 6.24. The first-order valence-corrected chi connectivity index (χ1v) is 7.95. The molecule has 2 rings (SSSR count). The van der Waals surface area contributed by atoms with Crippen molar-refractivity contribution < 1.29 is 8.42 Å². The molecule has 0 radical (unpaired) electrons. The van der Waals surface area contributed by atoms with Gasteiger partial charge in [-0.3, -0.25) is 0 Å². The van der Waals surface area contributed by atoms with E-state index in [1.165, 1.54) is 6.26 Å². The van der Waals surface area contributed by atoms with Crippen molar-refractivity contribution in [2.75, 3.05) is 19.3 Å². The molecule has 1 aromatic rings. The van der Waals surface area contributed by atoms with Crippen molar-refractivity contribution in [2.24, 2.45) is 0 Å². The van der Waals surface area contributed by atoms with Crippen LogP contribution in [0.25, 0.3) is 0 Å². The Kier molecular flexibility index (Phi) is 5.46. The minimum atomic E-state index is -3.23. The monoisotopic (exact) mass is 309 g/mol. The SMILES string of the molecule is CS(=O)(=O)c1ccc(C2CCNCC2)cc1Cl.Cl. The predicted molar refractivity (Wildman–Crippen MR) is 76.7 cm³/mol. The summed E-state index contributed by atoms with van der Waals surface area (Å²) in [5, 5.41) is 3.64. The third-order valence-electron chi connectivity index (χ3n) is 3.17. The van der Waals surface area contributed by atoms with Gasteiger partial charge in [0.1, 0.15) is 0 Å². The molecule has 0 amide bonds. The fourth-order valence-electron chi connectivity index (χ4n) is 2.23. The first-order chi connectivity index (χ1) is 7.98. The Hall–Kier alpha value is -0.290. The number of sulfone groups is 1. The van der Waals surface area contributed by atoms with Gasteiger partial charge < -0.3 is 5.32 Å². The zero-order chi connectivity index (χ0) is 12.5. The van der Waals surface area contributed by atoms with Crippen LogP contribution in [0.2, 0.25) is 5.02 Å². The molecule has 0 aromatic heterocycles.